The SMILES string of the molecule is CCCCCCCCCC(=O)NCCCC[C@H](NC(=O)CCCCCCCCC)C(C)C. The van der Waals surface area contributed by atoms with Crippen molar-refractivity contribution < 1.29 is 9.59 Å². The first-order valence-corrected chi connectivity index (χ1v) is 14.1. The topological polar surface area (TPSA) is 58.2 Å². The molecule has 0 aromatic heterocycles. The first-order valence-electron chi connectivity index (χ1n) is 14.1. The molecule has 4 heteroatoms. The molecule has 190 valence electrons. The number of carbonyl (C=O) groups is 2. The van der Waals surface area contributed by atoms with Crippen LogP contribution in [0.1, 0.15) is 150 Å². The molecule has 0 aromatic carbocycles. The molecule has 4 nitrogen and oxygen atoms in total. The first-order chi connectivity index (χ1) is 15.5. The Morgan fingerprint density at radius 2 is 1.06 bits per heavy atom. The van der Waals surface area contributed by atoms with E-state index in [-0.39, 0.29) is 17.9 Å². The van der Waals surface area contributed by atoms with E-state index in [2.05, 4.69) is 38.3 Å². The summed E-state index contributed by atoms with van der Waals surface area (Å²) in [7, 11) is 0. The molecule has 0 saturated carbocycles. The fraction of sp³-hybridized carbons (Fsp3) is 0.929. The smallest absolute Gasteiger partial charge is 0.220 e. The molecule has 1 atom stereocenters. The fourth-order valence-electron chi connectivity index (χ4n) is 4.14. The molecule has 2 amide bonds. The Labute approximate surface area is 200 Å². The zero-order valence-corrected chi connectivity index (χ0v) is 22.1. The second-order valence-corrected chi connectivity index (χ2v) is 10.0. The summed E-state index contributed by atoms with van der Waals surface area (Å²) < 4.78 is 0. The second kappa shape index (κ2) is 23.1. The Morgan fingerprint density at radius 1 is 0.594 bits per heavy atom. The Bertz CT molecular complexity index is 437. The largest absolute Gasteiger partial charge is 0.356 e. The van der Waals surface area contributed by atoms with Crippen LogP contribution in [0.25, 0.3) is 0 Å². The Balaban J connectivity index is 3.73. The van der Waals surface area contributed by atoms with Crippen molar-refractivity contribution in [1.29, 1.82) is 0 Å². The second-order valence-electron chi connectivity index (χ2n) is 10.0. The quantitative estimate of drug-likeness (QED) is 0.156. The molecular formula is C28H56N2O2. The van der Waals surface area contributed by atoms with Crippen LogP contribution in [0.4, 0.5) is 0 Å². The molecule has 0 unspecified atom stereocenters. The molecule has 32 heavy (non-hydrogen) atoms. The third kappa shape index (κ3) is 20.8. The highest BCUT2D eigenvalue weighted by Gasteiger charge is 2.15. The summed E-state index contributed by atoms with van der Waals surface area (Å²) in [6, 6.07) is 0.246. The van der Waals surface area contributed by atoms with Gasteiger partial charge in [0.05, 0.1) is 0 Å². The van der Waals surface area contributed by atoms with Gasteiger partial charge in [0, 0.05) is 25.4 Å². The number of unbranched alkanes of at least 4 members (excludes halogenated alkanes) is 13. The van der Waals surface area contributed by atoms with E-state index in [9.17, 15) is 9.59 Å². The number of rotatable bonds is 23. The van der Waals surface area contributed by atoms with Crippen LogP contribution in [-0.4, -0.2) is 24.4 Å². The van der Waals surface area contributed by atoms with Gasteiger partial charge in [0.15, 0.2) is 0 Å². The first kappa shape index (κ1) is 30.9. The van der Waals surface area contributed by atoms with Crippen molar-refractivity contribution in [3.05, 3.63) is 0 Å². The van der Waals surface area contributed by atoms with Crippen LogP contribution in [0.2, 0.25) is 0 Å². The lowest BCUT2D eigenvalue weighted by molar-refractivity contribution is -0.122. The van der Waals surface area contributed by atoms with Gasteiger partial charge in [0.25, 0.3) is 0 Å². The van der Waals surface area contributed by atoms with Crippen LogP contribution in [0, 0.1) is 5.92 Å². The minimum atomic E-state index is 0.196. The van der Waals surface area contributed by atoms with Crippen molar-refractivity contribution in [2.75, 3.05) is 6.54 Å². The van der Waals surface area contributed by atoms with E-state index in [1.807, 2.05) is 0 Å². The van der Waals surface area contributed by atoms with Crippen molar-refractivity contribution in [2.45, 2.75) is 156 Å². The van der Waals surface area contributed by atoms with E-state index in [1.165, 1.54) is 77.0 Å². The van der Waals surface area contributed by atoms with E-state index in [0.29, 0.717) is 18.8 Å². The summed E-state index contributed by atoms with van der Waals surface area (Å²) >= 11 is 0. The highest BCUT2D eigenvalue weighted by atomic mass is 16.2. The summed E-state index contributed by atoms with van der Waals surface area (Å²) in [5, 5.41) is 6.32. The van der Waals surface area contributed by atoms with Crippen molar-refractivity contribution >= 4 is 11.8 Å². The third-order valence-corrected chi connectivity index (χ3v) is 6.43. The van der Waals surface area contributed by atoms with E-state index in [4.69, 9.17) is 0 Å². The van der Waals surface area contributed by atoms with Gasteiger partial charge in [-0.05, 0) is 38.0 Å². The molecular weight excluding hydrogens is 396 g/mol. The molecule has 2 N–H and O–H groups in total. The summed E-state index contributed by atoms with van der Waals surface area (Å²) in [6.45, 7) is 9.60. The Kier molecular flexibility index (Phi) is 22.3. The van der Waals surface area contributed by atoms with E-state index >= 15 is 0 Å². The van der Waals surface area contributed by atoms with E-state index < -0.39 is 0 Å². The lowest BCUT2D eigenvalue weighted by atomic mass is 9.98. The van der Waals surface area contributed by atoms with Crippen LogP contribution in [0.3, 0.4) is 0 Å². The third-order valence-electron chi connectivity index (χ3n) is 6.43. The standard InChI is InChI=1S/C28H56N2O2/c1-5-7-9-11-13-15-17-22-27(31)29-24-20-19-21-26(25(3)4)30-28(32)23-18-16-14-12-10-8-6-2/h25-26H,5-24H2,1-4H3,(H,29,31)(H,30,32)/t26-/m0/s1. The van der Waals surface area contributed by atoms with Gasteiger partial charge < -0.3 is 10.6 Å². The molecule has 0 aliphatic carbocycles. The molecule has 0 spiro atoms. The van der Waals surface area contributed by atoms with Crippen molar-refractivity contribution in [3.8, 4) is 0 Å². The number of carbonyl (C=O) groups excluding carboxylic acids is 2. The zero-order chi connectivity index (χ0) is 23.9. The van der Waals surface area contributed by atoms with Gasteiger partial charge in [-0.1, -0.05) is 105 Å². The van der Waals surface area contributed by atoms with Gasteiger partial charge >= 0.3 is 0 Å². The van der Waals surface area contributed by atoms with Crippen LogP contribution >= 0.6 is 0 Å². The lowest BCUT2D eigenvalue weighted by Gasteiger charge is -2.22. The summed E-state index contributed by atoms with van der Waals surface area (Å²) in [4.78, 5) is 24.3. The van der Waals surface area contributed by atoms with Gasteiger partial charge in [-0.15, -0.1) is 0 Å². The zero-order valence-electron chi connectivity index (χ0n) is 22.1. The minimum Gasteiger partial charge on any atom is -0.356 e. The monoisotopic (exact) mass is 452 g/mol. The summed E-state index contributed by atoms with van der Waals surface area (Å²) in [6.07, 6.45) is 21.7. The molecule has 0 aliphatic heterocycles. The Hall–Kier alpha value is -1.06. The number of hydrogen-bond donors (Lipinski definition) is 2. The van der Waals surface area contributed by atoms with E-state index in [1.54, 1.807) is 0 Å². The number of nitrogens with one attached hydrogen (secondary N) is 2. The van der Waals surface area contributed by atoms with Gasteiger partial charge in [0.2, 0.25) is 11.8 Å². The van der Waals surface area contributed by atoms with Crippen LogP contribution in [0.5, 0.6) is 0 Å². The molecule has 0 fully saturated rings. The highest BCUT2D eigenvalue weighted by Crippen LogP contribution is 2.12. The molecule has 0 aromatic rings. The average Bonchev–Trinajstić information content (AvgIpc) is 2.76. The maximum atomic E-state index is 12.3. The van der Waals surface area contributed by atoms with E-state index in [0.717, 1.165) is 38.6 Å². The molecule has 0 rings (SSSR count). The summed E-state index contributed by atoms with van der Waals surface area (Å²) in [5.41, 5.74) is 0. The van der Waals surface area contributed by atoms with Gasteiger partial charge in [0.1, 0.15) is 0 Å². The Morgan fingerprint density at radius 3 is 1.56 bits per heavy atom. The minimum absolute atomic E-state index is 0.196. The van der Waals surface area contributed by atoms with Gasteiger partial charge in [-0.2, -0.15) is 0 Å². The maximum absolute atomic E-state index is 12.3. The van der Waals surface area contributed by atoms with Crippen LogP contribution in [-0.2, 0) is 9.59 Å². The molecule has 0 bridgehead atoms. The number of hydrogen-bond acceptors (Lipinski definition) is 2. The predicted octanol–water partition coefficient (Wildman–Crippen LogP) is 7.70. The van der Waals surface area contributed by atoms with Crippen molar-refractivity contribution in [3.63, 3.8) is 0 Å². The van der Waals surface area contributed by atoms with Crippen molar-refractivity contribution in [1.82, 2.24) is 10.6 Å². The molecule has 0 saturated heterocycles. The maximum Gasteiger partial charge on any atom is 0.220 e. The normalized spacial score (nSPS) is 12.2. The molecule has 0 aliphatic rings. The van der Waals surface area contributed by atoms with Crippen LogP contribution < -0.4 is 10.6 Å². The molecule has 0 radical (unpaired) electrons. The average molecular weight is 453 g/mol. The van der Waals surface area contributed by atoms with Crippen molar-refractivity contribution in [2.24, 2.45) is 5.92 Å². The van der Waals surface area contributed by atoms with Gasteiger partial charge in [-0.3, -0.25) is 9.59 Å². The fourth-order valence-corrected chi connectivity index (χ4v) is 4.14. The van der Waals surface area contributed by atoms with Gasteiger partial charge in [-0.25, -0.2) is 0 Å². The summed E-state index contributed by atoms with van der Waals surface area (Å²) in [5.74, 6) is 0.849. The lowest BCUT2D eigenvalue weighted by Crippen LogP contribution is -2.38. The number of amides is 2. The highest BCUT2D eigenvalue weighted by molar-refractivity contribution is 5.76. The molecule has 0 heterocycles. The predicted molar refractivity (Wildman–Crippen MR) is 139 cm³/mol. The van der Waals surface area contributed by atoms with Crippen LogP contribution in [0.15, 0.2) is 0 Å².